The van der Waals surface area contributed by atoms with Gasteiger partial charge in [0.1, 0.15) is 10.0 Å². The molecule has 1 aromatic heterocycles. The first kappa shape index (κ1) is 12.0. The van der Waals surface area contributed by atoms with E-state index in [1.807, 2.05) is 6.92 Å². The summed E-state index contributed by atoms with van der Waals surface area (Å²) in [6, 6.07) is 1.28. The Labute approximate surface area is 101 Å². The summed E-state index contributed by atoms with van der Waals surface area (Å²) in [5.41, 5.74) is 0. The van der Waals surface area contributed by atoms with Crippen LogP contribution in [-0.4, -0.2) is 40.3 Å². The quantitative estimate of drug-likeness (QED) is 0.864. The fourth-order valence-electron chi connectivity index (χ4n) is 2.06. The predicted molar refractivity (Wildman–Crippen MR) is 66.6 cm³/mol. The van der Waals surface area contributed by atoms with Crippen LogP contribution in [0.5, 0.6) is 0 Å². The van der Waals surface area contributed by atoms with Gasteiger partial charge in [0.15, 0.2) is 0 Å². The summed E-state index contributed by atoms with van der Waals surface area (Å²) >= 11 is 1.68. The molecular formula is C11H20N4S. The van der Waals surface area contributed by atoms with E-state index in [1.54, 1.807) is 11.3 Å². The van der Waals surface area contributed by atoms with Gasteiger partial charge in [0, 0.05) is 25.2 Å². The summed E-state index contributed by atoms with van der Waals surface area (Å²) in [5.74, 6) is 0. The van der Waals surface area contributed by atoms with Gasteiger partial charge in [0.05, 0.1) is 0 Å². The van der Waals surface area contributed by atoms with Crippen molar-refractivity contribution in [3.05, 3.63) is 10.0 Å². The van der Waals surface area contributed by atoms with E-state index in [2.05, 4.69) is 34.3 Å². The number of nitrogens with one attached hydrogen (secondary N) is 1. The third-order valence-electron chi connectivity index (χ3n) is 3.06. The van der Waals surface area contributed by atoms with Crippen molar-refractivity contribution >= 4 is 11.3 Å². The Morgan fingerprint density at radius 1 is 1.50 bits per heavy atom. The van der Waals surface area contributed by atoms with Gasteiger partial charge < -0.3 is 5.32 Å². The highest BCUT2D eigenvalue weighted by molar-refractivity contribution is 7.11. The van der Waals surface area contributed by atoms with Gasteiger partial charge in [0.25, 0.3) is 0 Å². The highest BCUT2D eigenvalue weighted by Gasteiger charge is 2.23. The monoisotopic (exact) mass is 240 g/mol. The molecule has 1 atom stereocenters. The van der Waals surface area contributed by atoms with Crippen molar-refractivity contribution in [2.45, 2.75) is 45.8 Å². The molecule has 1 aromatic rings. The Kier molecular flexibility index (Phi) is 3.89. The molecule has 0 aliphatic carbocycles. The van der Waals surface area contributed by atoms with Gasteiger partial charge in [-0.05, 0) is 33.7 Å². The zero-order valence-corrected chi connectivity index (χ0v) is 11.0. The molecule has 0 aromatic carbocycles. The first-order valence-corrected chi connectivity index (χ1v) is 6.73. The highest BCUT2D eigenvalue weighted by atomic mass is 32.1. The number of aromatic nitrogens is 2. The summed E-state index contributed by atoms with van der Waals surface area (Å²) < 4.78 is 0. The van der Waals surface area contributed by atoms with Crippen molar-refractivity contribution in [1.29, 1.82) is 0 Å². The van der Waals surface area contributed by atoms with E-state index in [4.69, 9.17) is 0 Å². The minimum absolute atomic E-state index is 0.617. The molecular weight excluding hydrogens is 220 g/mol. The zero-order valence-electron chi connectivity index (χ0n) is 10.2. The van der Waals surface area contributed by atoms with Crippen LogP contribution in [0, 0.1) is 6.92 Å². The van der Waals surface area contributed by atoms with E-state index < -0.39 is 0 Å². The van der Waals surface area contributed by atoms with E-state index in [0.29, 0.717) is 12.1 Å². The minimum atomic E-state index is 0.617. The lowest BCUT2D eigenvalue weighted by Crippen LogP contribution is -2.34. The molecule has 1 aliphatic rings. The van der Waals surface area contributed by atoms with Gasteiger partial charge in [-0.15, -0.1) is 21.5 Å². The molecule has 5 heteroatoms. The molecule has 16 heavy (non-hydrogen) atoms. The normalized spacial score (nSPS) is 22.1. The smallest absolute Gasteiger partial charge is 0.131 e. The second-order valence-corrected chi connectivity index (χ2v) is 5.94. The molecule has 2 rings (SSSR count). The maximum absolute atomic E-state index is 4.12. The van der Waals surface area contributed by atoms with Crippen molar-refractivity contribution in [3.63, 3.8) is 0 Å². The minimum Gasteiger partial charge on any atom is -0.306 e. The number of nitrogens with zero attached hydrogens (tertiary/aromatic N) is 3. The topological polar surface area (TPSA) is 41.1 Å². The number of rotatable bonds is 4. The van der Waals surface area contributed by atoms with Crippen LogP contribution < -0.4 is 5.32 Å². The molecule has 1 N–H and O–H groups in total. The Morgan fingerprint density at radius 2 is 2.31 bits per heavy atom. The van der Waals surface area contributed by atoms with E-state index in [9.17, 15) is 0 Å². The molecule has 4 nitrogen and oxygen atoms in total. The number of hydrogen-bond acceptors (Lipinski definition) is 5. The van der Waals surface area contributed by atoms with Crippen LogP contribution in [0.4, 0.5) is 0 Å². The van der Waals surface area contributed by atoms with Crippen molar-refractivity contribution in [2.24, 2.45) is 0 Å². The molecule has 0 spiro atoms. The van der Waals surface area contributed by atoms with Gasteiger partial charge in [0.2, 0.25) is 0 Å². The van der Waals surface area contributed by atoms with E-state index in [-0.39, 0.29) is 0 Å². The van der Waals surface area contributed by atoms with Crippen LogP contribution in [0.25, 0.3) is 0 Å². The first-order chi connectivity index (χ1) is 7.65. The van der Waals surface area contributed by atoms with Gasteiger partial charge in [-0.25, -0.2) is 0 Å². The zero-order chi connectivity index (χ0) is 11.5. The van der Waals surface area contributed by atoms with E-state index in [1.165, 1.54) is 13.0 Å². The lowest BCUT2D eigenvalue weighted by atomic mass is 10.2. The van der Waals surface area contributed by atoms with Gasteiger partial charge >= 0.3 is 0 Å². The lowest BCUT2D eigenvalue weighted by Gasteiger charge is -2.20. The van der Waals surface area contributed by atoms with Crippen molar-refractivity contribution in [3.8, 4) is 0 Å². The molecule has 90 valence electrons. The molecule has 1 saturated heterocycles. The maximum Gasteiger partial charge on any atom is 0.131 e. The predicted octanol–water partition coefficient (Wildman–Crippen LogP) is 1.42. The van der Waals surface area contributed by atoms with Crippen LogP contribution in [0.2, 0.25) is 0 Å². The average Bonchev–Trinajstić information content (AvgIpc) is 2.83. The van der Waals surface area contributed by atoms with Gasteiger partial charge in [-0.3, -0.25) is 4.90 Å². The second kappa shape index (κ2) is 5.21. The summed E-state index contributed by atoms with van der Waals surface area (Å²) in [7, 11) is 0. The number of likely N-dealkylation sites (tertiary alicyclic amines) is 1. The SMILES string of the molecule is Cc1nnc(CNC2CCN(C(C)C)C2)s1. The van der Waals surface area contributed by atoms with Crippen LogP contribution in [0.1, 0.15) is 30.3 Å². The Hall–Kier alpha value is -0.520. The molecule has 0 amide bonds. The summed E-state index contributed by atoms with van der Waals surface area (Å²) in [6.45, 7) is 9.76. The van der Waals surface area contributed by atoms with Gasteiger partial charge in [-0.1, -0.05) is 0 Å². The van der Waals surface area contributed by atoms with Crippen LogP contribution in [0.15, 0.2) is 0 Å². The largest absolute Gasteiger partial charge is 0.306 e. The molecule has 1 aliphatic heterocycles. The molecule has 2 heterocycles. The summed E-state index contributed by atoms with van der Waals surface area (Å²) in [5, 5.41) is 13.9. The maximum atomic E-state index is 4.12. The standard InChI is InChI=1S/C11H20N4S/c1-8(2)15-5-4-10(7-15)12-6-11-14-13-9(3)16-11/h8,10,12H,4-7H2,1-3H3. The molecule has 1 fully saturated rings. The molecule has 1 unspecified atom stereocenters. The third kappa shape index (κ3) is 2.99. The second-order valence-electron chi connectivity index (χ2n) is 4.67. The molecule has 0 radical (unpaired) electrons. The summed E-state index contributed by atoms with van der Waals surface area (Å²) in [6.07, 6.45) is 1.25. The summed E-state index contributed by atoms with van der Waals surface area (Å²) in [4.78, 5) is 2.52. The molecule has 0 saturated carbocycles. The fraction of sp³-hybridized carbons (Fsp3) is 0.818. The first-order valence-electron chi connectivity index (χ1n) is 5.91. The van der Waals surface area contributed by atoms with E-state index in [0.717, 1.165) is 23.1 Å². The Morgan fingerprint density at radius 3 is 2.88 bits per heavy atom. The van der Waals surface area contributed by atoms with Crippen LogP contribution in [-0.2, 0) is 6.54 Å². The van der Waals surface area contributed by atoms with Crippen LogP contribution >= 0.6 is 11.3 Å². The van der Waals surface area contributed by atoms with E-state index >= 15 is 0 Å². The van der Waals surface area contributed by atoms with Crippen molar-refractivity contribution < 1.29 is 0 Å². The van der Waals surface area contributed by atoms with Crippen molar-refractivity contribution in [1.82, 2.24) is 20.4 Å². The third-order valence-corrected chi connectivity index (χ3v) is 3.90. The number of hydrogen-bond donors (Lipinski definition) is 1. The Bertz CT molecular complexity index is 336. The average molecular weight is 240 g/mol. The van der Waals surface area contributed by atoms with Crippen molar-refractivity contribution in [2.75, 3.05) is 13.1 Å². The van der Waals surface area contributed by atoms with Gasteiger partial charge in [-0.2, -0.15) is 0 Å². The fourth-order valence-corrected chi connectivity index (χ4v) is 2.72. The van der Waals surface area contributed by atoms with Crippen LogP contribution in [0.3, 0.4) is 0 Å². The lowest BCUT2D eigenvalue weighted by molar-refractivity contribution is 0.268. The number of aryl methyl sites for hydroxylation is 1. The molecule has 0 bridgehead atoms. The Balaban J connectivity index is 1.75. The highest BCUT2D eigenvalue weighted by Crippen LogP contribution is 2.14.